The summed E-state index contributed by atoms with van der Waals surface area (Å²) in [6.07, 6.45) is 0. The van der Waals surface area contributed by atoms with Crippen molar-refractivity contribution < 1.29 is 9.21 Å². The van der Waals surface area contributed by atoms with Crippen molar-refractivity contribution in [3.63, 3.8) is 0 Å². The number of hydrogen-bond acceptors (Lipinski definition) is 4. The zero-order chi connectivity index (χ0) is 19.6. The third-order valence-electron chi connectivity index (χ3n) is 4.83. The molecule has 0 saturated carbocycles. The van der Waals surface area contributed by atoms with Crippen LogP contribution in [0.15, 0.2) is 57.7 Å². The fraction of sp³-hybridized carbons (Fsp3) is 0.273. The Bertz CT molecular complexity index is 1020. The largest absolute Gasteiger partial charge is 0.451 e. The zero-order valence-corrected chi connectivity index (χ0v) is 16.1. The van der Waals surface area contributed by atoms with Gasteiger partial charge in [-0.1, -0.05) is 30.3 Å². The summed E-state index contributed by atoms with van der Waals surface area (Å²) >= 11 is 0. The van der Waals surface area contributed by atoms with E-state index in [-0.39, 0.29) is 17.2 Å². The minimum atomic E-state index is -0.394. The topological polar surface area (TPSA) is 62.6 Å². The predicted octanol–water partition coefficient (Wildman–Crippen LogP) is 3.44. The Morgan fingerprint density at radius 1 is 1.07 bits per heavy atom. The Hall–Kier alpha value is -2.92. The van der Waals surface area contributed by atoms with Crippen molar-refractivity contribution in [2.24, 2.45) is 0 Å². The highest BCUT2D eigenvalue weighted by atomic mass is 16.3. The number of nitrogens with one attached hydrogen (secondary N) is 1. The Morgan fingerprint density at radius 2 is 1.74 bits per heavy atom. The van der Waals surface area contributed by atoms with Crippen molar-refractivity contribution in [3.05, 3.63) is 81.2 Å². The van der Waals surface area contributed by atoms with Crippen LogP contribution in [0.5, 0.6) is 0 Å². The van der Waals surface area contributed by atoms with E-state index >= 15 is 0 Å². The second-order valence-corrected chi connectivity index (χ2v) is 7.01. The molecule has 0 fully saturated rings. The highest BCUT2D eigenvalue weighted by Gasteiger charge is 2.18. The molecule has 0 aliphatic carbocycles. The second kappa shape index (κ2) is 7.76. The van der Waals surface area contributed by atoms with Crippen LogP contribution in [0.2, 0.25) is 0 Å². The number of carbonyl (C=O) groups excluding carboxylic acids is 1. The summed E-state index contributed by atoms with van der Waals surface area (Å²) in [5.41, 5.74) is 3.36. The van der Waals surface area contributed by atoms with Gasteiger partial charge in [-0.05, 0) is 56.8 Å². The predicted molar refractivity (Wildman–Crippen MR) is 107 cm³/mol. The van der Waals surface area contributed by atoms with E-state index in [1.165, 1.54) is 6.07 Å². The van der Waals surface area contributed by atoms with E-state index in [1.54, 1.807) is 12.1 Å². The number of nitrogens with zero attached hydrogens (tertiary/aromatic N) is 1. The molecule has 0 radical (unpaired) electrons. The van der Waals surface area contributed by atoms with Gasteiger partial charge in [0.05, 0.1) is 11.4 Å². The lowest BCUT2D eigenvalue weighted by Gasteiger charge is -2.25. The molecular formula is C22H24N2O3. The van der Waals surface area contributed by atoms with Gasteiger partial charge in [-0.3, -0.25) is 9.59 Å². The highest BCUT2D eigenvalue weighted by molar-refractivity contribution is 5.93. The Balaban J connectivity index is 1.83. The molecule has 1 heterocycles. The van der Waals surface area contributed by atoms with E-state index in [0.29, 0.717) is 17.5 Å². The van der Waals surface area contributed by atoms with E-state index in [4.69, 9.17) is 4.42 Å². The fourth-order valence-corrected chi connectivity index (χ4v) is 3.07. The molecule has 140 valence electrons. The number of carbonyl (C=O) groups is 1. The average Bonchev–Trinajstić information content (AvgIpc) is 2.64. The zero-order valence-electron chi connectivity index (χ0n) is 16.1. The van der Waals surface area contributed by atoms with Crippen LogP contribution >= 0.6 is 0 Å². The molecule has 0 unspecified atom stereocenters. The van der Waals surface area contributed by atoms with Gasteiger partial charge in [-0.25, -0.2) is 0 Å². The molecule has 0 aliphatic rings. The summed E-state index contributed by atoms with van der Waals surface area (Å²) in [5.74, 6) is -0.365. The summed E-state index contributed by atoms with van der Waals surface area (Å²) < 4.78 is 5.71. The second-order valence-electron chi connectivity index (χ2n) is 7.01. The molecule has 0 aliphatic heterocycles. The van der Waals surface area contributed by atoms with E-state index in [1.807, 2.05) is 63.2 Å². The van der Waals surface area contributed by atoms with Crippen LogP contribution in [0.4, 0.5) is 0 Å². The molecule has 0 bridgehead atoms. The molecule has 3 rings (SSSR count). The first-order valence-electron chi connectivity index (χ1n) is 8.91. The first-order chi connectivity index (χ1) is 12.9. The van der Waals surface area contributed by atoms with Crippen molar-refractivity contribution >= 4 is 16.9 Å². The SMILES string of the molecule is Cc1cc2oc(C(=O)NC[C@H](c3ccccc3)N(C)C)cc(=O)c2cc1C. The van der Waals surface area contributed by atoms with E-state index in [2.05, 4.69) is 5.32 Å². The van der Waals surface area contributed by atoms with Gasteiger partial charge in [0.1, 0.15) is 5.58 Å². The van der Waals surface area contributed by atoms with Gasteiger partial charge < -0.3 is 14.6 Å². The number of rotatable bonds is 5. The summed E-state index contributed by atoms with van der Waals surface area (Å²) in [5, 5.41) is 3.37. The van der Waals surface area contributed by atoms with Gasteiger partial charge in [-0.2, -0.15) is 0 Å². The van der Waals surface area contributed by atoms with Gasteiger partial charge >= 0.3 is 0 Å². The van der Waals surface area contributed by atoms with Crippen molar-refractivity contribution in [2.75, 3.05) is 20.6 Å². The van der Waals surface area contributed by atoms with Crippen LogP contribution in [0, 0.1) is 13.8 Å². The number of likely N-dealkylation sites (N-methyl/N-ethyl adjacent to an activating group) is 1. The number of hydrogen-bond donors (Lipinski definition) is 1. The Morgan fingerprint density at radius 3 is 2.41 bits per heavy atom. The maximum Gasteiger partial charge on any atom is 0.287 e. The van der Waals surface area contributed by atoms with Crippen LogP contribution in [-0.2, 0) is 0 Å². The van der Waals surface area contributed by atoms with Crippen LogP contribution in [-0.4, -0.2) is 31.4 Å². The van der Waals surface area contributed by atoms with Gasteiger partial charge in [0.25, 0.3) is 5.91 Å². The maximum absolute atomic E-state index is 12.6. The number of amides is 1. The van der Waals surface area contributed by atoms with Crippen molar-refractivity contribution in [1.29, 1.82) is 0 Å². The minimum absolute atomic E-state index is 0.0206. The quantitative estimate of drug-likeness (QED) is 0.753. The summed E-state index contributed by atoms with van der Waals surface area (Å²) in [7, 11) is 3.93. The van der Waals surface area contributed by atoms with Crippen LogP contribution in [0.3, 0.4) is 0 Å². The molecule has 5 nitrogen and oxygen atoms in total. The molecule has 27 heavy (non-hydrogen) atoms. The molecule has 3 aromatic rings. The molecule has 2 aromatic carbocycles. The highest BCUT2D eigenvalue weighted by Crippen LogP contribution is 2.19. The lowest BCUT2D eigenvalue weighted by atomic mass is 10.1. The smallest absolute Gasteiger partial charge is 0.287 e. The standard InChI is InChI=1S/C22H24N2O3/c1-14-10-17-19(25)12-21(27-20(17)11-15(14)2)22(26)23-13-18(24(3)4)16-8-6-5-7-9-16/h5-12,18H,13H2,1-4H3,(H,23,26)/t18-/m1/s1. The molecule has 0 spiro atoms. The molecule has 5 heteroatoms. The van der Waals surface area contributed by atoms with Crippen LogP contribution < -0.4 is 10.7 Å². The number of fused-ring (bicyclic) bond motifs is 1. The molecule has 1 N–H and O–H groups in total. The lowest BCUT2D eigenvalue weighted by Crippen LogP contribution is -2.34. The molecular weight excluding hydrogens is 340 g/mol. The molecule has 1 amide bonds. The molecule has 1 aromatic heterocycles. The third kappa shape index (κ3) is 4.09. The van der Waals surface area contributed by atoms with Crippen molar-refractivity contribution in [1.82, 2.24) is 10.2 Å². The molecule has 0 saturated heterocycles. The van der Waals surface area contributed by atoms with Crippen molar-refractivity contribution in [3.8, 4) is 0 Å². The fourth-order valence-electron chi connectivity index (χ4n) is 3.07. The van der Waals surface area contributed by atoms with Gasteiger partial charge in [-0.15, -0.1) is 0 Å². The monoisotopic (exact) mass is 364 g/mol. The minimum Gasteiger partial charge on any atom is -0.451 e. The average molecular weight is 364 g/mol. The van der Waals surface area contributed by atoms with Gasteiger partial charge in [0, 0.05) is 12.6 Å². The van der Waals surface area contributed by atoms with Crippen molar-refractivity contribution in [2.45, 2.75) is 19.9 Å². The Kier molecular flexibility index (Phi) is 5.42. The first-order valence-corrected chi connectivity index (χ1v) is 8.91. The number of benzene rings is 2. The summed E-state index contributed by atoms with van der Waals surface area (Å²) in [6.45, 7) is 4.30. The summed E-state index contributed by atoms with van der Waals surface area (Å²) in [6, 6.07) is 14.8. The van der Waals surface area contributed by atoms with E-state index < -0.39 is 5.91 Å². The summed E-state index contributed by atoms with van der Waals surface area (Å²) in [4.78, 5) is 27.0. The van der Waals surface area contributed by atoms with Gasteiger partial charge in [0.2, 0.25) is 0 Å². The molecule has 1 atom stereocenters. The maximum atomic E-state index is 12.6. The first kappa shape index (κ1) is 18.9. The third-order valence-corrected chi connectivity index (χ3v) is 4.83. The van der Waals surface area contributed by atoms with Crippen LogP contribution in [0.1, 0.15) is 33.3 Å². The van der Waals surface area contributed by atoms with E-state index in [9.17, 15) is 9.59 Å². The van der Waals surface area contributed by atoms with Crippen LogP contribution in [0.25, 0.3) is 11.0 Å². The Labute approximate surface area is 158 Å². The normalized spacial score (nSPS) is 12.3. The van der Waals surface area contributed by atoms with E-state index in [0.717, 1.165) is 16.7 Å². The lowest BCUT2D eigenvalue weighted by molar-refractivity contribution is 0.0914. The van der Waals surface area contributed by atoms with Gasteiger partial charge in [0.15, 0.2) is 11.2 Å². The number of aryl methyl sites for hydroxylation is 2.